The first-order chi connectivity index (χ1) is 13.3. The summed E-state index contributed by atoms with van der Waals surface area (Å²) in [6, 6.07) is 11.4. The van der Waals surface area contributed by atoms with E-state index in [2.05, 4.69) is 10.3 Å². The molecule has 0 spiro atoms. The van der Waals surface area contributed by atoms with Crippen molar-refractivity contribution in [3.8, 4) is 0 Å². The van der Waals surface area contributed by atoms with Crippen LogP contribution in [0.1, 0.15) is 42.2 Å². The van der Waals surface area contributed by atoms with E-state index in [9.17, 15) is 9.59 Å². The molecule has 2 aromatic rings. The van der Waals surface area contributed by atoms with Crippen molar-refractivity contribution >= 4 is 29.2 Å². The second-order valence-corrected chi connectivity index (χ2v) is 7.61. The third kappa shape index (κ3) is 4.62. The van der Waals surface area contributed by atoms with Crippen molar-refractivity contribution in [1.82, 2.24) is 14.8 Å². The zero-order chi connectivity index (χ0) is 20.3. The number of rotatable bonds is 5. The zero-order valence-corrected chi connectivity index (χ0v) is 17.1. The van der Waals surface area contributed by atoms with E-state index in [4.69, 9.17) is 11.6 Å². The van der Waals surface area contributed by atoms with Gasteiger partial charge in [-0.1, -0.05) is 23.7 Å². The fourth-order valence-electron chi connectivity index (χ4n) is 3.34. The molecule has 7 heteroatoms. The number of hydrogen-bond acceptors (Lipinski definition) is 4. The largest absolute Gasteiger partial charge is 0.364 e. The van der Waals surface area contributed by atoms with Gasteiger partial charge in [-0.05, 0) is 43.2 Å². The molecule has 1 N–H and O–H groups in total. The summed E-state index contributed by atoms with van der Waals surface area (Å²) in [5.74, 6) is 0.671. The molecule has 1 aliphatic rings. The predicted octanol–water partition coefficient (Wildman–Crippen LogP) is 3.60. The molecule has 2 heterocycles. The number of pyridine rings is 1. The lowest BCUT2D eigenvalue weighted by Crippen LogP contribution is -2.38. The molecule has 0 radical (unpaired) electrons. The summed E-state index contributed by atoms with van der Waals surface area (Å²) < 4.78 is 0. The Balaban J connectivity index is 1.60. The first-order valence-electron chi connectivity index (χ1n) is 9.36. The first kappa shape index (κ1) is 20.1. The maximum Gasteiger partial charge on any atom is 0.255 e. The van der Waals surface area contributed by atoms with Crippen molar-refractivity contribution < 1.29 is 9.59 Å². The number of likely N-dealkylation sites (N-methyl/N-ethyl adjacent to an activating group) is 1. The number of likely N-dealkylation sites (tertiary alicyclic amines) is 1. The van der Waals surface area contributed by atoms with Gasteiger partial charge in [0.1, 0.15) is 5.82 Å². The van der Waals surface area contributed by atoms with Crippen LogP contribution in [0, 0.1) is 0 Å². The summed E-state index contributed by atoms with van der Waals surface area (Å²) in [6.07, 6.45) is 2.40. The summed E-state index contributed by atoms with van der Waals surface area (Å²) in [5.41, 5.74) is 1.65. The molecule has 2 atom stereocenters. The molecule has 1 aromatic carbocycles. The van der Waals surface area contributed by atoms with Crippen LogP contribution in [0.25, 0.3) is 0 Å². The van der Waals surface area contributed by atoms with Crippen LogP contribution in [-0.2, 0) is 4.79 Å². The summed E-state index contributed by atoms with van der Waals surface area (Å²) >= 11 is 5.93. The lowest BCUT2D eigenvalue weighted by atomic mass is 10.1. The number of aromatic nitrogens is 1. The molecule has 1 aliphatic heterocycles. The van der Waals surface area contributed by atoms with Crippen LogP contribution in [0.3, 0.4) is 0 Å². The molecule has 1 fully saturated rings. The minimum atomic E-state index is -0.0516. The molecule has 148 valence electrons. The minimum Gasteiger partial charge on any atom is -0.364 e. The van der Waals surface area contributed by atoms with E-state index in [1.807, 2.05) is 37.3 Å². The lowest BCUT2D eigenvalue weighted by Gasteiger charge is -2.23. The Morgan fingerprint density at radius 2 is 1.96 bits per heavy atom. The molecular weight excluding hydrogens is 376 g/mol. The fraction of sp³-hybridized carbons (Fsp3) is 0.381. The van der Waals surface area contributed by atoms with Crippen molar-refractivity contribution in [3.63, 3.8) is 0 Å². The summed E-state index contributed by atoms with van der Waals surface area (Å²) in [4.78, 5) is 32.1. The number of nitrogens with zero attached hydrogens (tertiary/aromatic N) is 3. The van der Waals surface area contributed by atoms with Crippen LogP contribution in [0.4, 0.5) is 5.82 Å². The Labute approximate surface area is 170 Å². The smallest absolute Gasteiger partial charge is 0.255 e. The highest BCUT2D eigenvalue weighted by Gasteiger charge is 2.30. The quantitative estimate of drug-likeness (QED) is 0.832. The van der Waals surface area contributed by atoms with Crippen LogP contribution in [0.5, 0.6) is 0 Å². The van der Waals surface area contributed by atoms with E-state index in [1.165, 1.54) is 0 Å². The van der Waals surface area contributed by atoms with Gasteiger partial charge in [-0.25, -0.2) is 4.98 Å². The predicted molar refractivity (Wildman–Crippen MR) is 110 cm³/mol. The number of carbonyl (C=O) groups excluding carboxylic acids is 2. The van der Waals surface area contributed by atoms with Gasteiger partial charge in [0.05, 0.1) is 11.6 Å². The first-order valence-corrected chi connectivity index (χ1v) is 9.73. The van der Waals surface area contributed by atoms with Crippen LogP contribution in [-0.4, -0.2) is 52.8 Å². The SMILES string of the molecule is CC(=O)N(C)[C@H]1CCN(C(=O)c2ccc(N[C@@H](C)c3ccc(Cl)cc3)nc2)C1. The number of halogens is 1. The monoisotopic (exact) mass is 400 g/mol. The van der Waals surface area contributed by atoms with Gasteiger partial charge in [0.2, 0.25) is 5.91 Å². The Kier molecular flexibility index (Phi) is 6.19. The van der Waals surface area contributed by atoms with Gasteiger partial charge < -0.3 is 15.1 Å². The van der Waals surface area contributed by atoms with E-state index in [-0.39, 0.29) is 23.9 Å². The number of hydrogen-bond donors (Lipinski definition) is 1. The average Bonchev–Trinajstić information content (AvgIpc) is 3.18. The van der Waals surface area contributed by atoms with E-state index >= 15 is 0 Å². The number of nitrogens with one attached hydrogen (secondary N) is 1. The van der Waals surface area contributed by atoms with E-state index < -0.39 is 0 Å². The van der Waals surface area contributed by atoms with E-state index in [0.717, 1.165) is 12.0 Å². The van der Waals surface area contributed by atoms with Gasteiger partial charge in [-0.3, -0.25) is 9.59 Å². The standard InChI is InChI=1S/C21H25ClN4O2/c1-14(16-4-7-18(22)8-5-16)24-20-9-6-17(12-23-20)21(28)26-11-10-19(13-26)25(3)15(2)27/h4-9,12,14,19H,10-11,13H2,1-3H3,(H,23,24)/t14-,19-/m0/s1. The molecule has 1 aromatic heterocycles. The second kappa shape index (κ2) is 8.61. The molecule has 28 heavy (non-hydrogen) atoms. The molecule has 0 saturated carbocycles. The van der Waals surface area contributed by atoms with Crippen LogP contribution >= 0.6 is 11.6 Å². The Bertz CT molecular complexity index is 838. The van der Waals surface area contributed by atoms with Gasteiger partial charge in [0, 0.05) is 44.3 Å². The summed E-state index contributed by atoms with van der Waals surface area (Å²) in [6.45, 7) is 4.79. The van der Waals surface area contributed by atoms with Crippen molar-refractivity contribution in [2.24, 2.45) is 0 Å². The van der Waals surface area contributed by atoms with E-state index in [1.54, 1.807) is 36.0 Å². The summed E-state index contributed by atoms with van der Waals surface area (Å²) in [5, 5.41) is 4.03. The lowest BCUT2D eigenvalue weighted by molar-refractivity contribution is -0.129. The number of amides is 2. The molecule has 1 saturated heterocycles. The minimum absolute atomic E-state index is 0.0196. The molecule has 2 amide bonds. The maximum atomic E-state index is 12.7. The Morgan fingerprint density at radius 3 is 2.57 bits per heavy atom. The van der Waals surface area contributed by atoms with Gasteiger partial charge in [0.15, 0.2) is 0 Å². The highest BCUT2D eigenvalue weighted by molar-refractivity contribution is 6.30. The van der Waals surface area contributed by atoms with Gasteiger partial charge in [-0.15, -0.1) is 0 Å². The van der Waals surface area contributed by atoms with E-state index in [0.29, 0.717) is 29.5 Å². The molecule has 0 bridgehead atoms. The molecule has 6 nitrogen and oxygen atoms in total. The maximum absolute atomic E-state index is 12.7. The molecular formula is C21H25ClN4O2. The molecule has 0 aliphatic carbocycles. The van der Waals surface area contributed by atoms with Gasteiger partial charge in [0.25, 0.3) is 5.91 Å². The van der Waals surface area contributed by atoms with Crippen molar-refractivity contribution in [2.45, 2.75) is 32.4 Å². The third-order valence-corrected chi connectivity index (χ3v) is 5.49. The van der Waals surface area contributed by atoms with Gasteiger partial charge >= 0.3 is 0 Å². The van der Waals surface area contributed by atoms with Crippen molar-refractivity contribution in [1.29, 1.82) is 0 Å². The number of benzene rings is 1. The summed E-state index contributed by atoms with van der Waals surface area (Å²) in [7, 11) is 1.78. The fourth-order valence-corrected chi connectivity index (χ4v) is 3.47. The van der Waals surface area contributed by atoms with Crippen LogP contribution in [0.2, 0.25) is 5.02 Å². The Morgan fingerprint density at radius 1 is 1.25 bits per heavy atom. The van der Waals surface area contributed by atoms with Crippen LogP contribution in [0.15, 0.2) is 42.6 Å². The Hall–Kier alpha value is -2.60. The molecule has 3 rings (SSSR count). The second-order valence-electron chi connectivity index (χ2n) is 7.17. The average molecular weight is 401 g/mol. The van der Waals surface area contributed by atoms with Crippen LogP contribution < -0.4 is 5.32 Å². The third-order valence-electron chi connectivity index (χ3n) is 5.24. The highest BCUT2D eigenvalue weighted by atomic mass is 35.5. The normalized spacial score (nSPS) is 17.3. The van der Waals surface area contributed by atoms with Crippen molar-refractivity contribution in [3.05, 3.63) is 58.7 Å². The zero-order valence-electron chi connectivity index (χ0n) is 16.4. The topological polar surface area (TPSA) is 65.5 Å². The van der Waals surface area contributed by atoms with Crippen molar-refractivity contribution in [2.75, 3.05) is 25.5 Å². The molecule has 0 unspecified atom stereocenters. The number of anilines is 1. The highest BCUT2D eigenvalue weighted by Crippen LogP contribution is 2.21. The number of carbonyl (C=O) groups is 2. The van der Waals surface area contributed by atoms with Gasteiger partial charge in [-0.2, -0.15) is 0 Å².